The Hall–Kier alpha value is -5.30. The van der Waals surface area contributed by atoms with Crippen LogP contribution < -0.4 is 18.9 Å². The highest BCUT2D eigenvalue weighted by atomic mass is 16.6. The second-order valence-corrected chi connectivity index (χ2v) is 8.99. The molecule has 0 radical (unpaired) electrons. The maximum absolute atomic E-state index is 13.7. The number of ketones is 1. The monoisotopic (exact) mass is 548 g/mol. The van der Waals surface area contributed by atoms with Gasteiger partial charge in [-0.3, -0.25) is 4.79 Å². The van der Waals surface area contributed by atoms with Crippen LogP contribution >= 0.6 is 0 Å². The number of ether oxygens (including phenoxy) is 4. The zero-order chi connectivity index (χ0) is 28.8. The largest absolute Gasteiger partial charge is 0.497 e. The molecule has 206 valence electrons. The molecule has 1 aromatic heterocycles. The molecule has 0 unspecified atom stereocenters. The molecular formula is C34H28O7. The number of methoxy groups -OCH3 is 2. The number of carbonyl (C=O) groups is 2. The Balaban J connectivity index is 1.43. The number of esters is 1. The van der Waals surface area contributed by atoms with Gasteiger partial charge in [0.15, 0.2) is 17.3 Å². The molecule has 7 heteroatoms. The lowest BCUT2D eigenvalue weighted by Gasteiger charge is -2.11. The van der Waals surface area contributed by atoms with Crippen LogP contribution in [0.15, 0.2) is 101 Å². The third kappa shape index (κ3) is 5.99. The van der Waals surface area contributed by atoms with E-state index in [2.05, 4.69) is 0 Å². The zero-order valence-corrected chi connectivity index (χ0v) is 22.9. The van der Waals surface area contributed by atoms with Crippen molar-refractivity contribution in [3.05, 3.63) is 114 Å². The summed E-state index contributed by atoms with van der Waals surface area (Å²) in [6.07, 6.45) is 3.15. The van der Waals surface area contributed by atoms with E-state index in [0.717, 1.165) is 5.56 Å². The normalized spacial score (nSPS) is 11.0. The molecule has 0 saturated carbocycles. The molecule has 0 saturated heterocycles. The lowest BCUT2D eigenvalue weighted by atomic mass is 10.1. The van der Waals surface area contributed by atoms with E-state index in [-0.39, 0.29) is 17.1 Å². The zero-order valence-electron chi connectivity index (χ0n) is 22.9. The first-order valence-corrected chi connectivity index (χ1v) is 13.0. The van der Waals surface area contributed by atoms with Gasteiger partial charge in [0.25, 0.3) is 0 Å². The van der Waals surface area contributed by atoms with Gasteiger partial charge in [-0.25, -0.2) is 4.79 Å². The van der Waals surface area contributed by atoms with Crippen molar-refractivity contribution in [1.29, 1.82) is 0 Å². The Morgan fingerprint density at radius 3 is 2.27 bits per heavy atom. The van der Waals surface area contributed by atoms with Crippen molar-refractivity contribution >= 4 is 28.8 Å². The van der Waals surface area contributed by atoms with Gasteiger partial charge >= 0.3 is 5.97 Å². The smallest absolute Gasteiger partial charge is 0.348 e. The summed E-state index contributed by atoms with van der Waals surface area (Å²) in [5.41, 5.74) is 2.79. The number of furan rings is 1. The number of rotatable bonds is 10. The Morgan fingerprint density at radius 1 is 0.805 bits per heavy atom. The highest BCUT2D eigenvalue weighted by Gasteiger charge is 2.25. The van der Waals surface area contributed by atoms with Gasteiger partial charge in [0.2, 0.25) is 0 Å². The van der Waals surface area contributed by atoms with Crippen molar-refractivity contribution in [3.8, 4) is 34.3 Å². The number of allylic oxidation sites excluding steroid dienone is 1. The first kappa shape index (κ1) is 27.3. The van der Waals surface area contributed by atoms with Crippen LogP contribution in [-0.4, -0.2) is 32.6 Å². The highest BCUT2D eigenvalue weighted by molar-refractivity contribution is 6.10. The van der Waals surface area contributed by atoms with Crippen LogP contribution in [0, 0.1) is 0 Å². The van der Waals surface area contributed by atoms with Gasteiger partial charge in [-0.1, -0.05) is 42.5 Å². The minimum absolute atomic E-state index is 0.158. The number of fused-ring (bicyclic) bond motifs is 1. The van der Waals surface area contributed by atoms with E-state index in [0.29, 0.717) is 51.7 Å². The third-order valence-corrected chi connectivity index (χ3v) is 6.40. The summed E-state index contributed by atoms with van der Waals surface area (Å²) in [7, 11) is 3.06. The lowest BCUT2D eigenvalue weighted by molar-refractivity contribution is 0.0731. The summed E-state index contributed by atoms with van der Waals surface area (Å²) in [5.74, 6) is 1.49. The summed E-state index contributed by atoms with van der Waals surface area (Å²) in [6.45, 7) is 2.38. The van der Waals surface area contributed by atoms with Crippen LogP contribution in [0.2, 0.25) is 0 Å². The summed E-state index contributed by atoms with van der Waals surface area (Å²) in [4.78, 5) is 26.3. The predicted octanol–water partition coefficient (Wildman–Crippen LogP) is 7.63. The maximum atomic E-state index is 13.7. The second-order valence-electron chi connectivity index (χ2n) is 8.99. The van der Waals surface area contributed by atoms with Crippen molar-refractivity contribution in [2.24, 2.45) is 0 Å². The Kier molecular flexibility index (Phi) is 8.15. The van der Waals surface area contributed by atoms with E-state index in [1.54, 1.807) is 73.8 Å². The second kappa shape index (κ2) is 12.3. The molecule has 0 aliphatic heterocycles. The molecule has 7 nitrogen and oxygen atoms in total. The topological polar surface area (TPSA) is 84.2 Å². The average Bonchev–Trinajstić information content (AvgIpc) is 3.40. The van der Waals surface area contributed by atoms with Gasteiger partial charge in [0, 0.05) is 16.5 Å². The third-order valence-electron chi connectivity index (χ3n) is 6.40. The summed E-state index contributed by atoms with van der Waals surface area (Å²) < 4.78 is 28.3. The van der Waals surface area contributed by atoms with E-state index in [1.807, 2.05) is 37.3 Å². The van der Waals surface area contributed by atoms with Crippen LogP contribution in [0.3, 0.4) is 0 Å². The first-order valence-electron chi connectivity index (χ1n) is 13.0. The van der Waals surface area contributed by atoms with Crippen molar-refractivity contribution < 1.29 is 33.0 Å². The van der Waals surface area contributed by atoms with E-state index in [9.17, 15) is 9.59 Å². The van der Waals surface area contributed by atoms with Crippen molar-refractivity contribution in [3.63, 3.8) is 0 Å². The lowest BCUT2D eigenvalue weighted by Crippen LogP contribution is -2.10. The fourth-order valence-electron chi connectivity index (χ4n) is 4.38. The molecule has 0 atom stereocenters. The molecule has 0 spiro atoms. The van der Waals surface area contributed by atoms with Gasteiger partial charge in [0.05, 0.1) is 20.8 Å². The van der Waals surface area contributed by atoms with Gasteiger partial charge in [-0.05, 0) is 73.2 Å². The number of benzene rings is 4. The number of hydrogen-bond acceptors (Lipinski definition) is 7. The Morgan fingerprint density at radius 2 is 1.56 bits per heavy atom. The predicted molar refractivity (Wildman–Crippen MR) is 157 cm³/mol. The molecule has 0 bridgehead atoms. The Bertz CT molecular complexity index is 1710. The van der Waals surface area contributed by atoms with Crippen LogP contribution in [0.5, 0.6) is 23.0 Å². The van der Waals surface area contributed by atoms with Crippen LogP contribution in [-0.2, 0) is 0 Å². The van der Waals surface area contributed by atoms with E-state index >= 15 is 0 Å². The molecule has 0 aliphatic rings. The first-order chi connectivity index (χ1) is 20.0. The fourth-order valence-corrected chi connectivity index (χ4v) is 4.38. The molecule has 0 aliphatic carbocycles. The van der Waals surface area contributed by atoms with Gasteiger partial charge in [-0.2, -0.15) is 0 Å². The number of hydrogen-bond donors (Lipinski definition) is 0. The molecule has 1 heterocycles. The SMILES string of the molecule is CCOc1ccc2oc(-c3ccccc3)c(C(=O)Oc3ccc(C=CC(=O)c4ccc(OC)cc4)cc3OC)c2c1. The van der Waals surface area contributed by atoms with Gasteiger partial charge in [0.1, 0.15) is 28.4 Å². The highest BCUT2D eigenvalue weighted by Crippen LogP contribution is 2.37. The fraction of sp³-hybridized carbons (Fsp3) is 0.118. The van der Waals surface area contributed by atoms with Crippen LogP contribution in [0.25, 0.3) is 28.4 Å². The maximum Gasteiger partial charge on any atom is 0.348 e. The average molecular weight is 549 g/mol. The van der Waals surface area contributed by atoms with E-state index in [1.165, 1.54) is 13.2 Å². The molecule has 0 fully saturated rings. The Labute approximate surface area is 237 Å². The van der Waals surface area contributed by atoms with E-state index in [4.69, 9.17) is 23.4 Å². The summed E-state index contributed by atoms with van der Waals surface area (Å²) in [6, 6.07) is 26.7. The molecular weight excluding hydrogens is 520 g/mol. The molecule has 0 N–H and O–H groups in total. The van der Waals surface area contributed by atoms with Crippen LogP contribution in [0.1, 0.15) is 33.2 Å². The van der Waals surface area contributed by atoms with E-state index < -0.39 is 5.97 Å². The summed E-state index contributed by atoms with van der Waals surface area (Å²) in [5, 5.41) is 0.579. The van der Waals surface area contributed by atoms with Crippen molar-refractivity contribution in [2.75, 3.05) is 20.8 Å². The minimum atomic E-state index is -0.604. The quantitative estimate of drug-likeness (QED) is 0.0768. The van der Waals surface area contributed by atoms with Crippen molar-refractivity contribution in [2.45, 2.75) is 6.92 Å². The summed E-state index contributed by atoms with van der Waals surface area (Å²) >= 11 is 0. The number of carbonyl (C=O) groups excluding carboxylic acids is 2. The standard InChI is InChI=1S/C34H28O7/c1-4-39-26-16-19-29-27(21-26)32(33(40-29)24-8-6-5-7-9-24)34(36)41-30-18-11-22(20-31(30)38-3)10-17-28(35)23-12-14-25(37-2)15-13-23/h5-21H,4H2,1-3H3. The molecule has 0 amide bonds. The molecule has 41 heavy (non-hydrogen) atoms. The minimum Gasteiger partial charge on any atom is -0.497 e. The van der Waals surface area contributed by atoms with Crippen molar-refractivity contribution in [1.82, 2.24) is 0 Å². The molecule has 5 rings (SSSR count). The van der Waals surface area contributed by atoms with Crippen LogP contribution in [0.4, 0.5) is 0 Å². The molecule has 5 aromatic rings. The van der Waals surface area contributed by atoms with Gasteiger partial charge < -0.3 is 23.4 Å². The van der Waals surface area contributed by atoms with Gasteiger partial charge in [-0.15, -0.1) is 0 Å². The molecule has 4 aromatic carbocycles.